The van der Waals surface area contributed by atoms with Crippen LogP contribution in [0.1, 0.15) is 11.1 Å². The Hall–Kier alpha value is -3.28. The fourth-order valence-electron chi connectivity index (χ4n) is 3.85. The Kier molecular flexibility index (Phi) is 6.91. The van der Waals surface area contributed by atoms with Crippen LogP contribution in [0.2, 0.25) is 5.15 Å². The Morgan fingerprint density at radius 2 is 1.89 bits per heavy atom. The quantitative estimate of drug-likeness (QED) is 0.316. The van der Waals surface area contributed by atoms with Crippen LogP contribution in [0.25, 0.3) is 10.9 Å². The molecule has 7 nitrogen and oxygen atoms in total. The number of nitrogens with zero attached hydrogens (tertiary/aromatic N) is 3. The van der Waals surface area contributed by atoms with Crippen LogP contribution >= 0.6 is 11.6 Å². The third-order valence-electron chi connectivity index (χ3n) is 5.68. The molecule has 0 saturated carbocycles. The summed E-state index contributed by atoms with van der Waals surface area (Å²) in [6.07, 6.45) is -3.26. The van der Waals surface area contributed by atoms with E-state index in [4.69, 9.17) is 16.3 Å². The third kappa shape index (κ3) is 4.73. The van der Waals surface area contributed by atoms with Gasteiger partial charge in [-0.3, -0.25) is 0 Å². The monoisotopic (exact) mass is 538 g/mol. The topological polar surface area (TPSA) is 76.5 Å². The zero-order valence-electron chi connectivity index (χ0n) is 19.5. The molecule has 0 unspecified atom stereocenters. The van der Waals surface area contributed by atoms with Crippen LogP contribution < -0.4 is 15.0 Å². The number of anilines is 2. The van der Waals surface area contributed by atoms with E-state index in [0.717, 1.165) is 22.2 Å². The molecule has 2 heterocycles. The number of nitrogens with one attached hydrogen (secondary N) is 1. The lowest BCUT2D eigenvalue weighted by Crippen LogP contribution is -2.14. The molecule has 2 aromatic carbocycles. The summed E-state index contributed by atoms with van der Waals surface area (Å²) < 4.78 is 72.9. The van der Waals surface area contributed by atoms with Gasteiger partial charge in [0.15, 0.2) is 5.15 Å². The fourth-order valence-corrected chi connectivity index (χ4v) is 5.56. The van der Waals surface area contributed by atoms with Crippen LogP contribution in [0.5, 0.6) is 5.88 Å². The first-order valence-corrected chi connectivity index (χ1v) is 12.4. The van der Waals surface area contributed by atoms with Crippen molar-refractivity contribution in [2.24, 2.45) is 0 Å². The van der Waals surface area contributed by atoms with E-state index in [1.165, 1.54) is 13.3 Å². The first kappa shape index (κ1) is 25.8. The molecule has 0 aliphatic carbocycles. The summed E-state index contributed by atoms with van der Waals surface area (Å²) in [5.41, 5.74) is 1.07. The van der Waals surface area contributed by atoms with Crippen LogP contribution in [-0.2, 0) is 22.7 Å². The van der Waals surface area contributed by atoms with Crippen molar-refractivity contribution in [3.63, 3.8) is 0 Å². The van der Waals surface area contributed by atoms with E-state index in [1.54, 1.807) is 49.3 Å². The molecular weight excluding hydrogens is 517 g/mol. The zero-order chi connectivity index (χ0) is 26.3. The molecule has 0 spiro atoms. The molecule has 4 rings (SSSR count). The third-order valence-corrected chi connectivity index (χ3v) is 7.63. The molecule has 4 aromatic rings. The van der Waals surface area contributed by atoms with Crippen LogP contribution in [0.4, 0.5) is 24.5 Å². The minimum atomic E-state index is -4.68. The molecule has 36 heavy (non-hydrogen) atoms. The number of fused-ring (bicyclic) bond motifs is 1. The zero-order valence-corrected chi connectivity index (χ0v) is 21.0. The lowest BCUT2D eigenvalue weighted by Gasteiger charge is -2.21. The molecule has 12 heteroatoms. The highest BCUT2D eigenvalue weighted by Crippen LogP contribution is 2.36. The van der Waals surface area contributed by atoms with Crippen LogP contribution in [0.15, 0.2) is 65.7 Å². The number of methoxy groups -OCH3 is 1. The summed E-state index contributed by atoms with van der Waals surface area (Å²) in [6.45, 7) is 0.352. The SMILES string of the molecule is CNCc1cn(S(=O)(=O)c2cccc(C(F)(F)F)c2)c2cc(N(C)c3ccc(OC)nc3Cl)ccc12. The van der Waals surface area contributed by atoms with Crippen LogP contribution in [0, 0.1) is 0 Å². The summed E-state index contributed by atoms with van der Waals surface area (Å²) in [7, 11) is 0.565. The number of alkyl halides is 3. The van der Waals surface area contributed by atoms with Crippen molar-refractivity contribution in [1.29, 1.82) is 0 Å². The molecule has 0 bridgehead atoms. The van der Waals surface area contributed by atoms with Crippen LogP contribution in [0.3, 0.4) is 0 Å². The first-order valence-electron chi connectivity index (χ1n) is 10.6. The van der Waals surface area contributed by atoms with Gasteiger partial charge in [0.05, 0.1) is 28.8 Å². The van der Waals surface area contributed by atoms with Gasteiger partial charge in [-0.1, -0.05) is 23.7 Å². The van der Waals surface area contributed by atoms with Crippen molar-refractivity contribution in [3.05, 3.63) is 77.1 Å². The van der Waals surface area contributed by atoms with E-state index in [-0.39, 0.29) is 5.15 Å². The summed E-state index contributed by atoms with van der Waals surface area (Å²) in [5.74, 6) is 0.338. The lowest BCUT2D eigenvalue weighted by molar-refractivity contribution is -0.137. The number of aromatic nitrogens is 2. The molecule has 0 fully saturated rings. The number of benzene rings is 2. The highest BCUT2D eigenvalue weighted by molar-refractivity contribution is 7.90. The average Bonchev–Trinajstić information content (AvgIpc) is 3.22. The Balaban J connectivity index is 1.87. The molecule has 2 aromatic heterocycles. The second-order valence-electron chi connectivity index (χ2n) is 7.94. The Morgan fingerprint density at radius 3 is 2.53 bits per heavy atom. The normalized spacial score (nSPS) is 12.2. The maximum atomic E-state index is 13.5. The van der Waals surface area contributed by atoms with E-state index in [9.17, 15) is 21.6 Å². The van der Waals surface area contributed by atoms with Gasteiger partial charge < -0.3 is 15.0 Å². The predicted molar refractivity (Wildman–Crippen MR) is 133 cm³/mol. The molecule has 1 N–H and O–H groups in total. The summed E-state index contributed by atoms with van der Waals surface area (Å²) >= 11 is 6.32. The molecule has 0 saturated heterocycles. The largest absolute Gasteiger partial charge is 0.481 e. The number of ether oxygens (including phenoxy) is 1. The van der Waals surface area contributed by atoms with E-state index < -0.39 is 26.7 Å². The summed E-state index contributed by atoms with van der Waals surface area (Å²) in [4.78, 5) is 5.41. The second kappa shape index (κ2) is 9.64. The lowest BCUT2D eigenvalue weighted by atomic mass is 10.1. The maximum absolute atomic E-state index is 13.5. The van der Waals surface area contributed by atoms with E-state index >= 15 is 0 Å². The number of pyridine rings is 1. The summed E-state index contributed by atoms with van der Waals surface area (Å²) in [6, 6.07) is 12.2. The predicted octanol–water partition coefficient (Wildman–Crippen LogP) is 5.44. The molecular formula is C24H22ClF3N4O3S. The van der Waals surface area contributed by atoms with Gasteiger partial charge >= 0.3 is 6.18 Å². The number of hydrogen-bond acceptors (Lipinski definition) is 6. The molecule has 0 atom stereocenters. The van der Waals surface area contributed by atoms with Crippen molar-refractivity contribution in [2.75, 3.05) is 26.1 Å². The van der Waals surface area contributed by atoms with Crippen molar-refractivity contribution < 1.29 is 26.3 Å². The van der Waals surface area contributed by atoms with Crippen LogP contribution in [-0.4, -0.2) is 38.6 Å². The first-order chi connectivity index (χ1) is 17.0. The van der Waals surface area contributed by atoms with Crippen molar-refractivity contribution in [2.45, 2.75) is 17.6 Å². The van der Waals surface area contributed by atoms with Gasteiger partial charge in [-0.05, 0) is 49.0 Å². The molecule has 0 amide bonds. The van der Waals surface area contributed by atoms with Gasteiger partial charge in [0.1, 0.15) is 0 Å². The smallest absolute Gasteiger partial charge is 0.416 e. The molecule has 0 radical (unpaired) electrons. The van der Waals surface area contributed by atoms with Gasteiger partial charge in [-0.2, -0.15) is 18.2 Å². The Bertz CT molecular complexity index is 1540. The highest BCUT2D eigenvalue weighted by atomic mass is 35.5. The fraction of sp³-hybridized carbons (Fsp3) is 0.208. The minimum absolute atomic E-state index is 0.180. The standard InChI is InChI=1S/C24H22ClF3N4O3S/c1-29-13-15-14-32(36(33,34)18-6-4-5-16(11-18)24(26,27)28)21-12-17(7-8-19(15)21)31(2)20-9-10-22(35-3)30-23(20)25/h4-12,14,29H,13H2,1-3H3. The number of halogens is 4. The van der Waals surface area contributed by atoms with E-state index in [0.29, 0.717) is 46.3 Å². The van der Waals surface area contributed by atoms with Gasteiger partial charge in [0, 0.05) is 36.9 Å². The Labute approximate surface area is 211 Å². The van der Waals surface area contributed by atoms with E-state index in [2.05, 4.69) is 10.3 Å². The average molecular weight is 539 g/mol. The van der Waals surface area contributed by atoms with Crippen molar-refractivity contribution in [1.82, 2.24) is 14.3 Å². The Morgan fingerprint density at radius 1 is 1.14 bits per heavy atom. The highest BCUT2D eigenvalue weighted by Gasteiger charge is 2.32. The molecule has 0 aliphatic heterocycles. The second-order valence-corrected chi connectivity index (χ2v) is 10.1. The number of rotatable bonds is 7. The number of hydrogen-bond donors (Lipinski definition) is 1. The van der Waals surface area contributed by atoms with Gasteiger partial charge in [-0.15, -0.1) is 0 Å². The summed E-state index contributed by atoms with van der Waals surface area (Å²) in [5, 5.41) is 3.80. The molecule has 0 aliphatic rings. The van der Waals surface area contributed by atoms with Crippen molar-refractivity contribution >= 4 is 43.9 Å². The van der Waals surface area contributed by atoms with Gasteiger partial charge in [0.25, 0.3) is 10.0 Å². The maximum Gasteiger partial charge on any atom is 0.416 e. The van der Waals surface area contributed by atoms with Gasteiger partial charge in [0.2, 0.25) is 5.88 Å². The van der Waals surface area contributed by atoms with Crippen molar-refractivity contribution in [3.8, 4) is 5.88 Å². The molecule has 190 valence electrons. The van der Waals surface area contributed by atoms with Gasteiger partial charge in [-0.25, -0.2) is 12.4 Å². The minimum Gasteiger partial charge on any atom is -0.481 e. The van der Waals surface area contributed by atoms with E-state index in [1.807, 2.05) is 0 Å².